The Morgan fingerprint density at radius 1 is 0.460 bits per heavy atom. The van der Waals surface area contributed by atoms with Crippen LogP contribution in [0.3, 0.4) is 0 Å². The topological polar surface area (TPSA) is 541 Å². The number of rotatable bonds is 43. The first-order valence-electron chi connectivity index (χ1n) is 55.0. The van der Waals surface area contributed by atoms with Gasteiger partial charge in [0.1, 0.15) is 36.3 Å². The third kappa shape index (κ3) is 28.3. The molecule has 4 aliphatic heterocycles. The lowest BCUT2D eigenvalue weighted by atomic mass is 9.70. The molecule has 44 heteroatoms. The SMILES string of the molecule is C=CCNC(=O)C(=O)C(CC1CC1)NC(=O)[C@@H]1[C@@H]2[C@H](CN1C(=O)[C@@H](NC(=O)N[C@H]([C@H]1CCN(C)S1(=O)=O)C(C)(C)C)C1(C)CCCCC1)C2(C)C.CCCC[C@H](NC(=O)[C@@H]1[C@@H]2[C@H](CN1C(=O)[C@@H](NC(=O)NC1(CS(=O)(=O)N(C)OC)CCCCC1)C(C)(C)C)C2(C)C)C(=O)C(=O)NC1CC1.CON(C)S(=O)(=O)CC1(NC(=O)N[C@H](C(=O)N2C[C@H]3[C@@H]([C@H]2C(=O)N[C@@H](CCC2CC2)C(=O)C(=O)NC2CC2)C3(C)C)C(C)(C)C)CCCCC1. The van der Waals surface area contributed by atoms with Crippen molar-refractivity contribution in [1.82, 2.24) is 91.7 Å². The molecule has 10 aliphatic carbocycles. The van der Waals surface area contributed by atoms with Crippen molar-refractivity contribution in [2.24, 2.45) is 85.2 Å². The van der Waals surface area contributed by atoms with Crippen LogP contribution in [0, 0.1) is 85.2 Å². The predicted molar refractivity (Wildman–Crippen MR) is 562 cm³/mol. The zero-order valence-electron chi connectivity index (χ0n) is 92.9. The number of carbonyl (C=O) groups is 15. The molecule has 12 N–H and O–H groups in total. The molecule has 14 rings (SSSR count). The van der Waals surface area contributed by atoms with Crippen molar-refractivity contribution in [2.45, 2.75) is 399 Å². The highest BCUT2D eigenvalue weighted by molar-refractivity contribution is 7.90. The van der Waals surface area contributed by atoms with E-state index in [2.05, 4.69) is 112 Å². The lowest BCUT2D eigenvalue weighted by Gasteiger charge is -2.43. The number of unbranched alkanes of at least 4 members (excludes halogenated alkanes) is 1. The first-order chi connectivity index (χ1) is 69.8. The number of piperidine rings is 3. The minimum Gasteiger partial charge on any atom is -0.347 e. The molecule has 150 heavy (non-hydrogen) atoms. The van der Waals surface area contributed by atoms with Gasteiger partial charge in [0.2, 0.25) is 82.9 Å². The molecule has 1 unspecified atom stereocenters. The van der Waals surface area contributed by atoms with E-state index >= 15 is 0 Å². The normalized spacial score (nSPS) is 27.3. The standard InChI is InChI=1S/C37H60N6O7S.C35H58N6O8S.C34H58N6O8S/c1-9-18-38-32(46)28(44)24(20-22-13-14-22)39-31(45)27-26-23(36(26,5)6)21-43(27)33(47)30(37(7)16-11-10-12-17-37)41-34(48)40-29(35(2,3)4)25-15-19-42(8)51(25,49)50;1-33(2,3)28(38-32(46)39-35(17-9-8-10-18-35)20-50(47,48)40(6)49-7)31(45)41-19-23-25(34(23,4)5)26(41)29(43)37-24(16-13-21-11-12-21)27(42)30(44)36-22-14-15-22;1-9-10-14-23(26(41)29(43)35-21-15-16-21)36-28(42)25-24-22(33(24,5)6)19-40(25)30(44)27(32(2,3)4)37-31(45)38-34(17-12-11-13-18-34)20-49(46,47)39(7)48-8/h9,22-27,29-30H,1,10-21H2,2-8H3,(H,38,46)(H,39,45)(H2,40,41,48);21-26,28H,8-20H2,1-7H3,(H,36,44)(H,37,43)(H2,38,39,46);21-25,27H,9-20H2,1-8H3,(H,35,43)(H,36,42)(H2,37,38,45)/t23-,24?,25+,26-,27-,29+,30+;23-,24-,25-,26-,28+;22-,23-,24-,25-,27+/m000/s1. The minimum absolute atomic E-state index is 0.00179. The van der Waals surface area contributed by atoms with Crippen LogP contribution in [0.15, 0.2) is 12.7 Å². The molecule has 0 aromatic rings. The van der Waals surface area contributed by atoms with Gasteiger partial charge >= 0.3 is 18.1 Å². The van der Waals surface area contributed by atoms with Crippen molar-refractivity contribution in [3.8, 4) is 0 Å². The molecule has 0 radical (unpaired) electrons. The van der Waals surface area contributed by atoms with Crippen molar-refractivity contribution in [2.75, 3.05) is 79.6 Å². The van der Waals surface area contributed by atoms with Gasteiger partial charge in [-0.3, -0.25) is 67.2 Å². The van der Waals surface area contributed by atoms with Crippen LogP contribution in [-0.4, -0.2) is 310 Å². The van der Waals surface area contributed by atoms with E-state index in [0.29, 0.717) is 103 Å². The molecule has 4 saturated heterocycles. The molecular formula is C106H176N18O23S3. The Bertz CT molecular complexity index is 5370. The Morgan fingerprint density at radius 3 is 1.18 bits per heavy atom. The first-order valence-corrected chi connectivity index (χ1v) is 59.7. The van der Waals surface area contributed by atoms with Gasteiger partial charge < -0.3 is 78.5 Å². The number of Topliss-reactive ketones (excluding diaryl/α,β-unsaturated/α-hetero) is 3. The number of hydrogen-bond donors (Lipinski definition) is 12. The summed E-state index contributed by atoms with van der Waals surface area (Å²) in [7, 11) is -4.66. The van der Waals surface area contributed by atoms with Gasteiger partial charge in [-0.1, -0.05) is 229 Å². The maximum Gasteiger partial charge on any atom is 0.315 e. The van der Waals surface area contributed by atoms with Crippen molar-refractivity contribution < 1.29 is 107 Å². The second-order valence-electron chi connectivity index (χ2n) is 51.3. The highest BCUT2D eigenvalue weighted by atomic mass is 32.2. The number of hydrogen-bond acceptors (Lipinski definition) is 23. The van der Waals surface area contributed by atoms with Crippen LogP contribution in [0.25, 0.3) is 0 Å². The largest absolute Gasteiger partial charge is 0.347 e. The summed E-state index contributed by atoms with van der Waals surface area (Å²) in [6.07, 6.45) is 23.1. The molecule has 14 aliphatic rings. The van der Waals surface area contributed by atoms with Gasteiger partial charge in [0.15, 0.2) is 0 Å². The Hall–Kier alpha value is -8.56. The van der Waals surface area contributed by atoms with Crippen LogP contribution in [0.2, 0.25) is 0 Å². The highest BCUT2D eigenvalue weighted by Crippen LogP contribution is 2.68. The van der Waals surface area contributed by atoms with Gasteiger partial charge in [-0.05, 0) is 182 Å². The molecule has 17 atom stereocenters. The summed E-state index contributed by atoms with van der Waals surface area (Å²) in [5, 5.41) is 33.4. The number of nitrogens with zero attached hydrogens (tertiary/aromatic N) is 6. The Balaban J connectivity index is 0.000000199. The molecule has 0 aromatic heterocycles. The lowest BCUT2D eigenvalue weighted by molar-refractivity contribution is -0.146. The van der Waals surface area contributed by atoms with Crippen LogP contribution in [0.1, 0.15) is 310 Å². The van der Waals surface area contributed by atoms with Crippen LogP contribution in [-0.2, 0) is 97.3 Å². The molecule has 41 nitrogen and oxygen atoms in total. The van der Waals surface area contributed by atoms with Crippen LogP contribution in [0.5, 0.6) is 0 Å². The Kier molecular flexibility index (Phi) is 37.5. The second kappa shape index (κ2) is 46.8. The summed E-state index contributed by atoms with van der Waals surface area (Å²) in [6, 6.07) is -11.4. The number of sulfonamides is 3. The highest BCUT2D eigenvalue weighted by Gasteiger charge is 2.73. The number of amides is 15. The second-order valence-corrected chi connectivity index (χ2v) is 57.4. The number of fused-ring (bicyclic) bond motifs is 3. The van der Waals surface area contributed by atoms with Gasteiger partial charge in [0, 0.05) is 66.0 Å². The summed E-state index contributed by atoms with van der Waals surface area (Å²) in [6.45, 7) is 38.0. The van der Waals surface area contributed by atoms with Crippen molar-refractivity contribution in [3.63, 3.8) is 0 Å². The molecule has 10 saturated carbocycles. The van der Waals surface area contributed by atoms with Gasteiger partial charge in [0.25, 0.3) is 17.7 Å². The molecule has 14 fully saturated rings. The fourth-order valence-electron chi connectivity index (χ4n) is 24.9. The quantitative estimate of drug-likeness (QED) is 0.0163. The van der Waals surface area contributed by atoms with E-state index in [1.165, 1.54) is 48.5 Å². The molecule has 0 spiro atoms. The van der Waals surface area contributed by atoms with Gasteiger partial charge in [-0.2, -0.15) is 0 Å². The summed E-state index contributed by atoms with van der Waals surface area (Å²) < 4.78 is 81.5. The smallest absolute Gasteiger partial charge is 0.315 e. The van der Waals surface area contributed by atoms with Crippen LogP contribution in [0.4, 0.5) is 14.4 Å². The van der Waals surface area contributed by atoms with Crippen molar-refractivity contribution in [1.29, 1.82) is 0 Å². The average molecular weight is 2170 g/mol. The summed E-state index contributed by atoms with van der Waals surface area (Å²) in [5.74, 6) is -7.06. The molecule has 846 valence electrons. The van der Waals surface area contributed by atoms with E-state index in [0.717, 1.165) is 131 Å². The molecule has 4 heterocycles. The van der Waals surface area contributed by atoms with E-state index in [1.807, 2.05) is 76.2 Å². The number of hydroxylamine groups is 2. The van der Waals surface area contributed by atoms with Gasteiger partial charge in [0.05, 0.1) is 66.2 Å². The summed E-state index contributed by atoms with van der Waals surface area (Å²) in [4.78, 5) is 220. The summed E-state index contributed by atoms with van der Waals surface area (Å²) in [5.41, 5.74) is -5.46. The first kappa shape index (κ1) is 120. The predicted octanol–water partition coefficient (Wildman–Crippen LogP) is 7.18. The fourth-order valence-corrected chi connectivity index (χ4v) is 29.9. The van der Waals surface area contributed by atoms with E-state index < -0.39 is 211 Å². The third-order valence-electron chi connectivity index (χ3n) is 35.5. The number of nitrogens with one attached hydrogen (secondary N) is 12. The maximum absolute atomic E-state index is 14.9. The van der Waals surface area contributed by atoms with E-state index in [4.69, 9.17) is 9.68 Å². The zero-order valence-corrected chi connectivity index (χ0v) is 95.3. The average Bonchev–Trinajstić information content (AvgIpc) is 1.53. The van der Waals surface area contributed by atoms with Gasteiger partial charge in [-0.15, -0.1) is 6.58 Å². The number of ketones is 3. The molecule has 15 amide bonds. The lowest BCUT2D eigenvalue weighted by Crippen LogP contribution is -2.64. The molecule has 0 aromatic carbocycles. The monoisotopic (exact) mass is 2170 g/mol. The Labute approximate surface area is 888 Å². The zero-order chi connectivity index (χ0) is 111. The van der Waals surface area contributed by atoms with Crippen molar-refractivity contribution in [3.05, 3.63) is 12.7 Å². The van der Waals surface area contributed by atoms with Crippen molar-refractivity contribution >= 4 is 119 Å². The van der Waals surface area contributed by atoms with Crippen LogP contribution < -0.4 is 63.8 Å². The minimum atomic E-state index is -3.86. The summed E-state index contributed by atoms with van der Waals surface area (Å²) >= 11 is 0. The van der Waals surface area contributed by atoms with E-state index in [-0.39, 0.29) is 93.7 Å². The maximum atomic E-state index is 14.9. The molecular weight excluding hydrogens is 1990 g/mol. The number of urea groups is 3. The van der Waals surface area contributed by atoms with Crippen LogP contribution >= 0.6 is 0 Å². The number of carbonyl (C=O) groups excluding carboxylic acids is 15. The Morgan fingerprint density at radius 2 is 0.833 bits per heavy atom. The number of likely N-dealkylation sites (tertiary alicyclic amines) is 3. The fraction of sp³-hybridized carbons (Fsp3) is 0.840. The van der Waals surface area contributed by atoms with E-state index in [1.54, 1.807) is 11.9 Å². The van der Waals surface area contributed by atoms with Gasteiger partial charge in [-0.25, -0.2) is 43.9 Å². The third-order valence-corrected chi connectivity index (χ3v) is 41.5. The van der Waals surface area contributed by atoms with E-state index in [9.17, 15) is 97.2 Å². The molecule has 0 bridgehead atoms.